The number of H-pyrrole nitrogens is 1. The van der Waals surface area contributed by atoms with E-state index in [-0.39, 0.29) is 12.2 Å². The fraction of sp³-hybridized carbons (Fsp3) is 0.346. The summed E-state index contributed by atoms with van der Waals surface area (Å²) in [5, 5.41) is 9.81. The number of anilines is 1. The number of benzene rings is 1. The first-order valence-electron chi connectivity index (χ1n) is 11.7. The van der Waals surface area contributed by atoms with E-state index in [2.05, 4.69) is 43.6 Å². The molecule has 0 atom stereocenters. The number of amidine groups is 1. The Labute approximate surface area is 209 Å². The first-order valence-corrected chi connectivity index (χ1v) is 11.7. The van der Waals surface area contributed by atoms with Gasteiger partial charge >= 0.3 is 6.18 Å². The van der Waals surface area contributed by atoms with Crippen molar-refractivity contribution in [3.63, 3.8) is 0 Å². The second-order valence-electron chi connectivity index (χ2n) is 8.57. The maximum atomic E-state index is 13.2. The Kier molecular flexibility index (Phi) is 9.24. The maximum Gasteiger partial charge on any atom is 0.416 e. The fourth-order valence-corrected chi connectivity index (χ4v) is 3.80. The number of aliphatic imine (C=N–C) groups is 2. The zero-order valence-corrected chi connectivity index (χ0v) is 20.6. The SMILES string of the molecule is C=N/C=C\C(=NCNc1ccc2[nH]cc(C(=C)C(F)(F)F)c2c1)N(/C=C/CN1CCCC1)N=C(C)C. The third-order valence-corrected chi connectivity index (χ3v) is 5.55. The van der Waals surface area contributed by atoms with E-state index < -0.39 is 11.7 Å². The van der Waals surface area contributed by atoms with Crippen molar-refractivity contribution < 1.29 is 13.2 Å². The van der Waals surface area contributed by atoms with Gasteiger partial charge in [-0.15, -0.1) is 0 Å². The average Bonchev–Trinajstić information content (AvgIpc) is 3.49. The van der Waals surface area contributed by atoms with Gasteiger partial charge in [0.25, 0.3) is 0 Å². The lowest BCUT2D eigenvalue weighted by Gasteiger charge is -2.17. The van der Waals surface area contributed by atoms with Crippen LogP contribution in [0.4, 0.5) is 18.9 Å². The lowest BCUT2D eigenvalue weighted by molar-refractivity contribution is -0.0685. The van der Waals surface area contributed by atoms with E-state index in [1.807, 2.05) is 26.1 Å². The van der Waals surface area contributed by atoms with Crippen LogP contribution in [0.15, 0.2) is 70.6 Å². The maximum absolute atomic E-state index is 13.2. The molecule has 0 bridgehead atoms. The number of alkyl halides is 3. The summed E-state index contributed by atoms with van der Waals surface area (Å²) < 4.78 is 39.6. The van der Waals surface area contributed by atoms with Gasteiger partial charge in [0.15, 0.2) is 5.84 Å². The second-order valence-corrected chi connectivity index (χ2v) is 8.57. The number of fused-ring (bicyclic) bond motifs is 1. The summed E-state index contributed by atoms with van der Waals surface area (Å²) in [5.41, 5.74) is 1.19. The number of hydrazone groups is 1. The zero-order chi connectivity index (χ0) is 26.1. The Morgan fingerprint density at radius 3 is 2.67 bits per heavy atom. The topological polar surface area (TPSA) is 71.4 Å². The van der Waals surface area contributed by atoms with Crippen LogP contribution in [0.1, 0.15) is 32.3 Å². The number of rotatable bonds is 10. The van der Waals surface area contributed by atoms with Gasteiger partial charge in [-0.05, 0) is 64.7 Å². The van der Waals surface area contributed by atoms with E-state index in [9.17, 15) is 13.2 Å². The molecule has 0 saturated carbocycles. The molecule has 10 heteroatoms. The third-order valence-electron chi connectivity index (χ3n) is 5.55. The van der Waals surface area contributed by atoms with Crippen LogP contribution in [0.5, 0.6) is 0 Å². The van der Waals surface area contributed by atoms with E-state index >= 15 is 0 Å². The Hall–Kier alpha value is -3.66. The standard InChI is InChI=1S/C26H32F3N7/c1-19(2)34-36(15-7-14-35-12-5-6-13-35)25(10-11-30-4)33-18-32-21-8-9-24-22(16-21)23(17-31-24)20(3)26(27,28)29/h7-11,15-17,31-32H,3-6,12-14,18H2,1-2H3/b11-10-,15-7+,33-25?. The number of aromatic amines is 1. The molecule has 1 aliphatic rings. The van der Waals surface area contributed by atoms with Crippen molar-refractivity contribution in [3.8, 4) is 0 Å². The van der Waals surface area contributed by atoms with Crippen LogP contribution < -0.4 is 5.32 Å². The molecular formula is C26H32F3N7. The van der Waals surface area contributed by atoms with Crippen LogP contribution in [0.3, 0.4) is 0 Å². The number of nitrogens with zero attached hydrogens (tertiary/aromatic N) is 5. The largest absolute Gasteiger partial charge is 0.416 e. The minimum absolute atomic E-state index is 0.0207. The molecule has 0 radical (unpaired) electrons. The molecule has 1 aromatic heterocycles. The van der Waals surface area contributed by atoms with E-state index in [4.69, 9.17) is 0 Å². The molecule has 0 aliphatic carbocycles. The summed E-state index contributed by atoms with van der Waals surface area (Å²) in [6.07, 6.45) is 6.40. The quantitative estimate of drug-likeness (QED) is 0.238. The van der Waals surface area contributed by atoms with Gasteiger partial charge in [-0.1, -0.05) is 12.7 Å². The highest BCUT2D eigenvalue weighted by molar-refractivity contribution is 5.96. The molecule has 0 unspecified atom stereocenters. The highest BCUT2D eigenvalue weighted by atomic mass is 19.4. The molecule has 1 aromatic carbocycles. The summed E-state index contributed by atoms with van der Waals surface area (Å²) in [5.74, 6) is 0.530. The molecule has 7 nitrogen and oxygen atoms in total. The smallest absolute Gasteiger partial charge is 0.366 e. The van der Waals surface area contributed by atoms with Crippen LogP contribution >= 0.6 is 0 Å². The van der Waals surface area contributed by atoms with Gasteiger partial charge in [0.05, 0.1) is 5.57 Å². The molecule has 0 amide bonds. The summed E-state index contributed by atoms with van der Waals surface area (Å²) in [6.45, 7) is 13.7. The van der Waals surface area contributed by atoms with Gasteiger partial charge in [-0.25, -0.2) is 10.0 Å². The Morgan fingerprint density at radius 2 is 2.00 bits per heavy atom. The Morgan fingerprint density at radius 1 is 1.25 bits per heavy atom. The first kappa shape index (κ1) is 26.9. The van der Waals surface area contributed by atoms with Gasteiger partial charge in [-0.3, -0.25) is 9.89 Å². The average molecular weight is 500 g/mol. The van der Waals surface area contributed by atoms with E-state index in [1.54, 1.807) is 29.3 Å². The molecule has 1 fully saturated rings. The van der Waals surface area contributed by atoms with E-state index in [0.717, 1.165) is 25.3 Å². The van der Waals surface area contributed by atoms with Crippen molar-refractivity contribution in [2.75, 3.05) is 31.6 Å². The highest BCUT2D eigenvalue weighted by Crippen LogP contribution is 2.36. The van der Waals surface area contributed by atoms with Crippen LogP contribution in [-0.4, -0.2) is 65.6 Å². The fourth-order valence-electron chi connectivity index (χ4n) is 3.80. The molecule has 2 aromatic rings. The molecule has 1 saturated heterocycles. The van der Waals surface area contributed by atoms with Crippen molar-refractivity contribution in [3.05, 3.63) is 61.1 Å². The second kappa shape index (κ2) is 12.3. The van der Waals surface area contributed by atoms with Crippen molar-refractivity contribution in [1.82, 2.24) is 14.9 Å². The van der Waals surface area contributed by atoms with Crippen LogP contribution in [0.25, 0.3) is 16.5 Å². The molecule has 36 heavy (non-hydrogen) atoms. The first-order chi connectivity index (χ1) is 17.2. The molecular weight excluding hydrogens is 467 g/mol. The lowest BCUT2D eigenvalue weighted by Crippen LogP contribution is -2.23. The number of hydrogen-bond donors (Lipinski definition) is 2. The molecule has 2 heterocycles. The van der Waals surface area contributed by atoms with E-state index in [0.29, 0.717) is 22.4 Å². The van der Waals surface area contributed by atoms with Crippen molar-refractivity contribution in [1.29, 1.82) is 0 Å². The monoisotopic (exact) mass is 499 g/mol. The van der Waals surface area contributed by atoms with E-state index in [1.165, 1.54) is 25.2 Å². The van der Waals surface area contributed by atoms with Crippen LogP contribution in [-0.2, 0) is 0 Å². The minimum Gasteiger partial charge on any atom is -0.366 e. The highest BCUT2D eigenvalue weighted by Gasteiger charge is 2.34. The summed E-state index contributed by atoms with van der Waals surface area (Å²) in [6, 6.07) is 5.14. The molecule has 192 valence electrons. The van der Waals surface area contributed by atoms with Crippen molar-refractivity contribution >= 4 is 40.4 Å². The number of allylic oxidation sites excluding steroid dienone is 1. The number of halogens is 3. The molecule has 0 spiro atoms. The number of likely N-dealkylation sites (tertiary alicyclic amines) is 1. The lowest BCUT2D eigenvalue weighted by atomic mass is 10.1. The van der Waals surface area contributed by atoms with Gasteiger partial charge in [0.1, 0.15) is 6.67 Å². The van der Waals surface area contributed by atoms with Crippen LogP contribution in [0.2, 0.25) is 0 Å². The predicted molar refractivity (Wildman–Crippen MR) is 143 cm³/mol. The number of nitrogens with one attached hydrogen (secondary N) is 2. The normalized spacial score (nSPS) is 15.2. The van der Waals surface area contributed by atoms with Gasteiger partial charge in [0.2, 0.25) is 0 Å². The Balaban J connectivity index is 1.79. The predicted octanol–water partition coefficient (Wildman–Crippen LogP) is 6.03. The summed E-state index contributed by atoms with van der Waals surface area (Å²) in [4.78, 5) is 13.6. The van der Waals surface area contributed by atoms with Gasteiger partial charge in [-0.2, -0.15) is 18.3 Å². The van der Waals surface area contributed by atoms with Gasteiger partial charge in [0, 0.05) is 59.1 Å². The third kappa shape index (κ3) is 7.42. The van der Waals surface area contributed by atoms with Gasteiger partial charge < -0.3 is 10.3 Å². The summed E-state index contributed by atoms with van der Waals surface area (Å²) >= 11 is 0. The number of hydrogen-bond acceptors (Lipinski definition) is 5. The molecule has 2 N–H and O–H groups in total. The van der Waals surface area contributed by atoms with Crippen molar-refractivity contribution in [2.24, 2.45) is 15.1 Å². The zero-order valence-electron chi connectivity index (χ0n) is 20.6. The Bertz CT molecular complexity index is 1180. The molecule has 3 rings (SSSR count). The van der Waals surface area contributed by atoms with Crippen LogP contribution in [0, 0.1) is 0 Å². The minimum atomic E-state index is -4.51. The summed E-state index contributed by atoms with van der Waals surface area (Å²) in [7, 11) is 0. The number of aromatic nitrogens is 1. The molecule has 1 aliphatic heterocycles. The van der Waals surface area contributed by atoms with Crippen molar-refractivity contribution in [2.45, 2.75) is 32.9 Å².